The van der Waals surface area contributed by atoms with Crippen LogP contribution in [0, 0.1) is 5.41 Å². The molecule has 0 aromatic heterocycles. The van der Waals surface area contributed by atoms with Crippen LogP contribution in [0.2, 0.25) is 0 Å². The zero-order valence-corrected chi connectivity index (χ0v) is 7.83. The van der Waals surface area contributed by atoms with Crippen molar-refractivity contribution in [1.29, 1.82) is 5.41 Å². The van der Waals surface area contributed by atoms with Crippen molar-refractivity contribution in [3.05, 3.63) is 29.8 Å². The molecule has 0 amide bonds. The van der Waals surface area contributed by atoms with Crippen molar-refractivity contribution in [1.82, 2.24) is 0 Å². The topological polar surface area (TPSA) is 42.3 Å². The number of nitrogens with one attached hydrogen (secondary N) is 1. The molecule has 0 aliphatic rings. The summed E-state index contributed by atoms with van der Waals surface area (Å²) in [5, 5.41) is 7.32. The van der Waals surface area contributed by atoms with Crippen molar-refractivity contribution < 1.29 is 9.47 Å². The first kappa shape index (κ1) is 9.58. The maximum atomic E-state index is 7.32. The van der Waals surface area contributed by atoms with Gasteiger partial charge >= 0.3 is 0 Å². The van der Waals surface area contributed by atoms with Crippen LogP contribution >= 0.6 is 0 Å². The van der Waals surface area contributed by atoms with Crippen LogP contribution in [0.3, 0.4) is 0 Å². The van der Waals surface area contributed by atoms with Crippen LogP contribution in [-0.2, 0) is 11.2 Å². The molecule has 0 unspecified atom stereocenters. The number of methoxy groups -OCH3 is 2. The molecule has 0 spiro atoms. The van der Waals surface area contributed by atoms with Crippen LogP contribution in [0.15, 0.2) is 24.3 Å². The number of hydrogen-bond donors (Lipinski definition) is 1. The quantitative estimate of drug-likeness (QED) is 0.568. The van der Waals surface area contributed by atoms with E-state index in [1.165, 1.54) is 7.11 Å². The molecule has 1 N–H and O–H groups in total. The summed E-state index contributed by atoms with van der Waals surface area (Å²) in [7, 11) is 3.14. The van der Waals surface area contributed by atoms with Gasteiger partial charge in [-0.05, 0) is 17.7 Å². The van der Waals surface area contributed by atoms with E-state index in [2.05, 4.69) is 0 Å². The van der Waals surface area contributed by atoms with Crippen LogP contribution in [-0.4, -0.2) is 20.1 Å². The van der Waals surface area contributed by atoms with Crippen molar-refractivity contribution in [3.63, 3.8) is 0 Å². The van der Waals surface area contributed by atoms with E-state index in [1.807, 2.05) is 24.3 Å². The minimum atomic E-state index is 0.269. The zero-order valence-electron chi connectivity index (χ0n) is 7.83. The third-order valence-electron chi connectivity index (χ3n) is 1.77. The van der Waals surface area contributed by atoms with Gasteiger partial charge in [0, 0.05) is 6.42 Å². The fourth-order valence-electron chi connectivity index (χ4n) is 1.00. The summed E-state index contributed by atoms with van der Waals surface area (Å²) in [5.41, 5.74) is 1.05. The first-order valence-electron chi connectivity index (χ1n) is 4.00. The summed E-state index contributed by atoms with van der Waals surface area (Å²) in [6.07, 6.45) is 0.528. The normalized spacial score (nSPS) is 9.38. The molecular formula is C10H13NO2. The molecule has 0 saturated heterocycles. The van der Waals surface area contributed by atoms with E-state index in [-0.39, 0.29) is 5.90 Å². The Hall–Kier alpha value is -1.51. The fraction of sp³-hybridized carbons (Fsp3) is 0.300. The number of rotatable bonds is 3. The Morgan fingerprint density at radius 3 is 2.31 bits per heavy atom. The smallest absolute Gasteiger partial charge is 0.184 e. The lowest BCUT2D eigenvalue weighted by Gasteiger charge is -2.03. The van der Waals surface area contributed by atoms with Gasteiger partial charge < -0.3 is 9.47 Å². The van der Waals surface area contributed by atoms with Gasteiger partial charge in [0.25, 0.3) is 0 Å². The SMILES string of the molecule is COC(=N)Cc1ccc(OC)cc1. The molecule has 1 rings (SSSR count). The van der Waals surface area contributed by atoms with Crippen LogP contribution in [0.5, 0.6) is 5.75 Å². The summed E-state index contributed by atoms with van der Waals surface area (Å²) < 4.78 is 9.78. The lowest BCUT2D eigenvalue weighted by atomic mass is 10.1. The highest BCUT2D eigenvalue weighted by atomic mass is 16.5. The lowest BCUT2D eigenvalue weighted by Crippen LogP contribution is -2.03. The predicted octanol–water partition coefficient (Wildman–Crippen LogP) is 1.86. The van der Waals surface area contributed by atoms with Crippen molar-refractivity contribution in [2.75, 3.05) is 14.2 Å². The Bertz CT molecular complexity index is 279. The molecule has 0 saturated carbocycles. The van der Waals surface area contributed by atoms with Crippen molar-refractivity contribution in [2.45, 2.75) is 6.42 Å². The Labute approximate surface area is 77.8 Å². The van der Waals surface area contributed by atoms with Gasteiger partial charge in [0.05, 0.1) is 14.2 Å². The highest BCUT2D eigenvalue weighted by molar-refractivity contribution is 5.75. The average Bonchev–Trinajstić information content (AvgIpc) is 2.19. The molecule has 0 bridgehead atoms. The molecular weight excluding hydrogens is 166 g/mol. The van der Waals surface area contributed by atoms with Crippen LogP contribution < -0.4 is 4.74 Å². The van der Waals surface area contributed by atoms with Gasteiger partial charge in [-0.1, -0.05) is 12.1 Å². The third-order valence-corrected chi connectivity index (χ3v) is 1.77. The van der Waals surface area contributed by atoms with E-state index >= 15 is 0 Å². The van der Waals surface area contributed by atoms with Gasteiger partial charge in [-0.2, -0.15) is 0 Å². The van der Waals surface area contributed by atoms with Gasteiger partial charge in [-0.15, -0.1) is 0 Å². The van der Waals surface area contributed by atoms with Crippen molar-refractivity contribution in [3.8, 4) is 5.75 Å². The van der Waals surface area contributed by atoms with Gasteiger partial charge in [0.15, 0.2) is 5.90 Å². The maximum absolute atomic E-state index is 7.32. The predicted molar refractivity (Wildman–Crippen MR) is 51.4 cm³/mol. The molecule has 0 heterocycles. The Balaban J connectivity index is 2.64. The minimum Gasteiger partial charge on any atom is -0.497 e. The molecule has 70 valence electrons. The summed E-state index contributed by atoms with van der Waals surface area (Å²) in [5.74, 6) is 1.10. The molecule has 13 heavy (non-hydrogen) atoms. The summed E-state index contributed by atoms with van der Waals surface area (Å²) in [6, 6.07) is 7.59. The second kappa shape index (κ2) is 4.50. The second-order valence-electron chi connectivity index (χ2n) is 2.65. The van der Waals surface area contributed by atoms with Gasteiger partial charge in [0.2, 0.25) is 0 Å². The molecule has 3 heteroatoms. The molecule has 0 atom stereocenters. The molecule has 1 aromatic rings. The van der Waals surface area contributed by atoms with Gasteiger partial charge in [-0.3, -0.25) is 5.41 Å². The van der Waals surface area contributed by atoms with Crippen molar-refractivity contribution >= 4 is 5.90 Å². The summed E-state index contributed by atoms with van der Waals surface area (Å²) in [6.45, 7) is 0. The average molecular weight is 179 g/mol. The van der Waals surface area contributed by atoms with Gasteiger partial charge in [0.1, 0.15) is 5.75 Å². The van der Waals surface area contributed by atoms with E-state index in [4.69, 9.17) is 14.9 Å². The Kier molecular flexibility index (Phi) is 3.31. The largest absolute Gasteiger partial charge is 0.497 e. The molecule has 0 fully saturated rings. The fourth-order valence-corrected chi connectivity index (χ4v) is 1.00. The van der Waals surface area contributed by atoms with E-state index < -0.39 is 0 Å². The van der Waals surface area contributed by atoms with E-state index in [0.29, 0.717) is 6.42 Å². The first-order valence-corrected chi connectivity index (χ1v) is 4.00. The minimum absolute atomic E-state index is 0.269. The number of hydrogen-bond acceptors (Lipinski definition) is 3. The monoisotopic (exact) mass is 179 g/mol. The second-order valence-corrected chi connectivity index (χ2v) is 2.65. The third kappa shape index (κ3) is 2.78. The van der Waals surface area contributed by atoms with Crippen LogP contribution in [0.4, 0.5) is 0 Å². The molecule has 0 aliphatic carbocycles. The molecule has 0 aliphatic heterocycles. The summed E-state index contributed by atoms with van der Waals surface area (Å²) >= 11 is 0. The Morgan fingerprint density at radius 2 is 1.85 bits per heavy atom. The zero-order chi connectivity index (χ0) is 9.68. The molecule has 3 nitrogen and oxygen atoms in total. The highest BCUT2D eigenvalue weighted by Crippen LogP contribution is 2.11. The lowest BCUT2D eigenvalue weighted by molar-refractivity contribution is 0.390. The maximum Gasteiger partial charge on any atom is 0.184 e. The first-order chi connectivity index (χ1) is 6.26. The van der Waals surface area contributed by atoms with E-state index in [9.17, 15) is 0 Å². The van der Waals surface area contributed by atoms with Crippen LogP contribution in [0.25, 0.3) is 0 Å². The van der Waals surface area contributed by atoms with E-state index in [1.54, 1.807) is 7.11 Å². The molecule has 0 radical (unpaired) electrons. The molecule has 1 aromatic carbocycles. The standard InChI is InChI=1S/C10H13NO2/c1-12-9-5-3-8(4-6-9)7-10(11)13-2/h3-6,11H,7H2,1-2H3. The Morgan fingerprint density at radius 1 is 1.23 bits per heavy atom. The van der Waals surface area contributed by atoms with Crippen molar-refractivity contribution in [2.24, 2.45) is 0 Å². The number of benzene rings is 1. The van der Waals surface area contributed by atoms with Gasteiger partial charge in [-0.25, -0.2) is 0 Å². The number of ether oxygens (including phenoxy) is 2. The highest BCUT2D eigenvalue weighted by Gasteiger charge is 1.98. The van der Waals surface area contributed by atoms with Crippen LogP contribution in [0.1, 0.15) is 5.56 Å². The van der Waals surface area contributed by atoms with E-state index in [0.717, 1.165) is 11.3 Å². The summed E-state index contributed by atoms with van der Waals surface area (Å²) in [4.78, 5) is 0.